The molecule has 0 aromatic heterocycles. The van der Waals surface area contributed by atoms with E-state index in [4.69, 9.17) is 21.1 Å². The Balaban J connectivity index is 1.40. The molecule has 2 aromatic carbocycles. The highest BCUT2D eigenvalue weighted by Crippen LogP contribution is 2.47. The van der Waals surface area contributed by atoms with Crippen LogP contribution in [0.2, 0.25) is 5.02 Å². The van der Waals surface area contributed by atoms with Gasteiger partial charge in [0.1, 0.15) is 23.0 Å². The smallest absolute Gasteiger partial charge is 0.263 e. The molecule has 2 heterocycles. The van der Waals surface area contributed by atoms with Gasteiger partial charge in [-0.3, -0.25) is 9.52 Å². The fraction of sp³-hybridized carbons (Fsp3) is 0.543. The van der Waals surface area contributed by atoms with Crippen LogP contribution < -0.4 is 14.4 Å². The number of ether oxygens (including phenoxy) is 2. The summed E-state index contributed by atoms with van der Waals surface area (Å²) >= 11 is 6.42. The van der Waals surface area contributed by atoms with Gasteiger partial charge in [-0.05, 0) is 104 Å². The Bertz CT molecular complexity index is 1450. The molecule has 1 fully saturated rings. The van der Waals surface area contributed by atoms with Crippen LogP contribution in [0.15, 0.2) is 48.6 Å². The van der Waals surface area contributed by atoms with E-state index in [0.29, 0.717) is 37.5 Å². The van der Waals surface area contributed by atoms with Gasteiger partial charge in [0.15, 0.2) is 0 Å². The first-order valence-corrected chi connectivity index (χ1v) is 17.5. The molecule has 9 heteroatoms. The van der Waals surface area contributed by atoms with Crippen molar-refractivity contribution in [2.24, 2.45) is 23.7 Å². The lowest BCUT2D eigenvalue weighted by Gasteiger charge is -2.45. The molecule has 2 aliphatic heterocycles. The zero-order valence-corrected chi connectivity index (χ0v) is 27.2. The Hall–Kier alpha value is -2.68. The number of aryl methyl sites for hydroxylation is 1. The quantitative estimate of drug-likeness (QED) is 0.324. The lowest BCUT2D eigenvalue weighted by molar-refractivity contribution is -0.112. The van der Waals surface area contributed by atoms with Crippen LogP contribution in [0.3, 0.4) is 0 Å². The molecule has 44 heavy (non-hydrogen) atoms. The highest BCUT2D eigenvalue weighted by Gasteiger charge is 2.44. The van der Waals surface area contributed by atoms with E-state index >= 15 is 0 Å². The zero-order chi connectivity index (χ0) is 30.8. The number of carbonyl (C=O) groups is 2. The summed E-state index contributed by atoms with van der Waals surface area (Å²) in [5, 5.41) is 0.462. The van der Waals surface area contributed by atoms with Gasteiger partial charge < -0.3 is 19.2 Å². The maximum Gasteiger partial charge on any atom is 0.263 e. The van der Waals surface area contributed by atoms with Gasteiger partial charge in [0.2, 0.25) is 0 Å². The molecule has 6 unspecified atom stereocenters. The molecule has 2 aromatic rings. The maximum atomic E-state index is 13.6. The average Bonchev–Trinajstić information content (AvgIpc) is 3.15. The largest absolute Gasteiger partial charge is 0.490 e. The summed E-state index contributed by atoms with van der Waals surface area (Å²) in [4.78, 5) is 28.3. The van der Waals surface area contributed by atoms with Crippen LogP contribution in [-0.4, -0.2) is 55.1 Å². The standard InChI is InChI=1S/C35H43ClN2O5S/c1-23-5-3-6-27(20-39)29-11-8-26(29)19-38-21-35(15-4-7-24-17-28(36)10-12-30(24)35)22-43-32-13-9-25(18-31(32)38)34(40)37-44(41)33(23)14-16-42-2/h3,6,9-10,12-13,17-18,20,23,26-27,29,33H,4-5,7-8,11,14-16,19,21-22H2,1-2H3,(H,37,40)/b6-3+/t23?,26?,27?,29?,33?,35-,44?/m0/s1. The highest BCUT2D eigenvalue weighted by molar-refractivity contribution is 7.84. The first-order chi connectivity index (χ1) is 21.3. The summed E-state index contributed by atoms with van der Waals surface area (Å²) in [5.41, 5.74) is 3.67. The number of hydrogen-bond donors (Lipinski definition) is 1. The molecule has 7 nitrogen and oxygen atoms in total. The molecule has 1 amide bonds. The van der Waals surface area contributed by atoms with Crippen LogP contribution in [0, 0.1) is 23.7 Å². The van der Waals surface area contributed by atoms with Crippen LogP contribution in [0.1, 0.15) is 66.9 Å². The normalized spacial score (nSPS) is 32.7. The molecule has 1 spiro atoms. The fourth-order valence-electron chi connectivity index (χ4n) is 7.82. The van der Waals surface area contributed by atoms with Crippen LogP contribution in [0.25, 0.3) is 0 Å². The van der Waals surface area contributed by atoms with Gasteiger partial charge in [-0.2, -0.15) is 0 Å². The summed E-state index contributed by atoms with van der Waals surface area (Å²) in [7, 11) is 0.0114. The Kier molecular flexibility index (Phi) is 9.50. The molecule has 236 valence electrons. The SMILES string of the molecule is COCCC1C(C)C/C=C/C(C=O)C2CCC2CN2C[C@@]3(CCCc4cc(Cl)ccc43)COc3ccc(cc32)C(=O)NS1=O. The molecular weight excluding hydrogens is 596 g/mol. The minimum atomic E-state index is -1.61. The topological polar surface area (TPSA) is 84.9 Å². The molecule has 1 saturated carbocycles. The van der Waals surface area contributed by atoms with Crippen molar-refractivity contribution in [3.05, 3.63) is 70.3 Å². The van der Waals surface area contributed by atoms with E-state index in [1.807, 2.05) is 25.1 Å². The van der Waals surface area contributed by atoms with Gasteiger partial charge in [0, 0.05) is 48.7 Å². The van der Waals surface area contributed by atoms with E-state index in [1.165, 1.54) is 11.1 Å². The number of methoxy groups -OCH3 is 1. The van der Waals surface area contributed by atoms with Crippen molar-refractivity contribution in [1.29, 1.82) is 0 Å². The van der Waals surface area contributed by atoms with Gasteiger partial charge in [-0.25, -0.2) is 4.21 Å². The second-order valence-electron chi connectivity index (χ2n) is 13.2. The van der Waals surface area contributed by atoms with E-state index in [1.54, 1.807) is 13.2 Å². The van der Waals surface area contributed by atoms with Crippen molar-refractivity contribution in [2.45, 2.75) is 62.5 Å². The molecular formula is C35H43ClN2O5S. The van der Waals surface area contributed by atoms with Crippen LogP contribution in [-0.2, 0) is 32.4 Å². The lowest BCUT2D eigenvalue weighted by atomic mass is 9.66. The Morgan fingerprint density at radius 2 is 2.09 bits per heavy atom. The van der Waals surface area contributed by atoms with Crippen LogP contribution >= 0.6 is 11.6 Å². The summed E-state index contributed by atoms with van der Waals surface area (Å²) in [5.74, 6) is 0.865. The third kappa shape index (κ3) is 6.22. The Labute approximate surface area is 268 Å². The number of amides is 1. The number of aldehydes is 1. The maximum absolute atomic E-state index is 13.6. The number of allylic oxidation sites excluding steroid dienone is 2. The van der Waals surface area contributed by atoms with Gasteiger partial charge in [-0.15, -0.1) is 0 Å². The lowest BCUT2D eigenvalue weighted by Crippen LogP contribution is -2.49. The molecule has 0 saturated heterocycles. The van der Waals surface area contributed by atoms with Crippen LogP contribution in [0.4, 0.5) is 5.69 Å². The number of halogens is 1. The number of rotatable bonds is 4. The second kappa shape index (κ2) is 13.4. The van der Waals surface area contributed by atoms with Crippen molar-refractivity contribution >= 4 is 40.5 Å². The average molecular weight is 639 g/mol. The molecule has 7 atom stereocenters. The van der Waals surface area contributed by atoms with Crippen molar-refractivity contribution in [2.75, 3.05) is 38.3 Å². The molecule has 2 bridgehead atoms. The minimum absolute atomic E-state index is 0.0281. The number of nitrogens with zero attached hydrogens (tertiary/aromatic N) is 1. The second-order valence-corrected chi connectivity index (χ2v) is 15.0. The van der Waals surface area contributed by atoms with Gasteiger partial charge >= 0.3 is 0 Å². The predicted molar refractivity (Wildman–Crippen MR) is 175 cm³/mol. The molecule has 4 aliphatic rings. The molecule has 2 aliphatic carbocycles. The van der Waals surface area contributed by atoms with E-state index in [-0.39, 0.29) is 34.3 Å². The van der Waals surface area contributed by atoms with Crippen LogP contribution in [0.5, 0.6) is 5.75 Å². The van der Waals surface area contributed by atoms with E-state index < -0.39 is 11.0 Å². The summed E-state index contributed by atoms with van der Waals surface area (Å²) in [6, 6.07) is 11.8. The van der Waals surface area contributed by atoms with Gasteiger partial charge in [0.25, 0.3) is 5.91 Å². The summed E-state index contributed by atoms with van der Waals surface area (Å²) in [6.07, 6.45) is 11.6. The number of benzene rings is 2. The molecule has 0 radical (unpaired) electrons. The number of nitrogens with one attached hydrogen (secondary N) is 1. The van der Waals surface area contributed by atoms with Gasteiger partial charge in [-0.1, -0.05) is 36.7 Å². The van der Waals surface area contributed by atoms with Gasteiger partial charge in [0.05, 0.1) is 17.5 Å². The highest BCUT2D eigenvalue weighted by atomic mass is 35.5. The first kappa shape index (κ1) is 31.3. The van der Waals surface area contributed by atoms with Crippen molar-refractivity contribution in [1.82, 2.24) is 4.72 Å². The van der Waals surface area contributed by atoms with Crippen molar-refractivity contribution < 1.29 is 23.3 Å². The minimum Gasteiger partial charge on any atom is -0.490 e. The number of fused-ring (bicyclic) bond motifs is 4. The molecule has 1 N–H and O–H groups in total. The Morgan fingerprint density at radius 1 is 1.23 bits per heavy atom. The third-order valence-corrected chi connectivity index (χ3v) is 12.3. The fourth-order valence-corrected chi connectivity index (χ4v) is 9.31. The monoisotopic (exact) mass is 638 g/mol. The third-order valence-electron chi connectivity index (χ3n) is 10.5. The molecule has 6 rings (SSSR count). The summed E-state index contributed by atoms with van der Waals surface area (Å²) in [6.45, 7) is 4.55. The first-order valence-electron chi connectivity index (χ1n) is 15.9. The Morgan fingerprint density at radius 3 is 2.86 bits per heavy atom. The van der Waals surface area contributed by atoms with E-state index in [9.17, 15) is 13.8 Å². The van der Waals surface area contributed by atoms with E-state index in [2.05, 4.69) is 33.9 Å². The zero-order valence-electron chi connectivity index (χ0n) is 25.6. The van der Waals surface area contributed by atoms with E-state index in [0.717, 1.165) is 67.9 Å². The number of carbonyl (C=O) groups excluding carboxylic acids is 2. The summed E-state index contributed by atoms with van der Waals surface area (Å²) < 4.78 is 28.2. The number of anilines is 1. The van der Waals surface area contributed by atoms with Crippen molar-refractivity contribution in [3.63, 3.8) is 0 Å². The number of hydrogen-bond acceptors (Lipinski definition) is 6. The predicted octanol–water partition coefficient (Wildman–Crippen LogP) is 6.05. The van der Waals surface area contributed by atoms with Crippen molar-refractivity contribution in [3.8, 4) is 5.75 Å².